The number of nitrogens with zero attached hydrogens (tertiary/aromatic N) is 3. The fourth-order valence-electron chi connectivity index (χ4n) is 3.99. The third kappa shape index (κ3) is 8.95. The normalized spacial score (nSPS) is 11.9. The highest BCUT2D eigenvalue weighted by molar-refractivity contribution is 5.97. The van der Waals surface area contributed by atoms with Crippen LogP contribution in [0.25, 0.3) is 0 Å². The van der Waals surface area contributed by atoms with Gasteiger partial charge >= 0.3 is 0 Å². The maximum absolute atomic E-state index is 5.81. The number of rotatable bonds is 15. The van der Waals surface area contributed by atoms with Crippen LogP contribution in [0, 0.1) is 13.8 Å². The molecule has 0 saturated heterocycles. The Morgan fingerprint density at radius 2 is 1.67 bits per heavy atom. The lowest BCUT2D eigenvalue weighted by atomic mass is 9.96. The van der Waals surface area contributed by atoms with Crippen LogP contribution in [-0.2, 0) is 18.3 Å². The average Bonchev–Trinajstić information content (AvgIpc) is 3.15. The molecule has 0 unspecified atom stereocenters. The summed E-state index contributed by atoms with van der Waals surface area (Å²) in [6.45, 7) is 9.62. The number of hydrogen-bond donors (Lipinski definition) is 0. The highest BCUT2D eigenvalue weighted by Crippen LogP contribution is 2.24. The summed E-state index contributed by atoms with van der Waals surface area (Å²) in [5, 5.41) is 8.34. The van der Waals surface area contributed by atoms with Crippen LogP contribution in [0.15, 0.2) is 35.5 Å². The molecule has 1 aromatic heterocycles. The predicted octanol–water partition coefficient (Wildman–Crippen LogP) is 6.32. The Kier molecular flexibility index (Phi) is 11.6. The van der Waals surface area contributed by atoms with Crippen LogP contribution in [0.1, 0.15) is 74.8 Å². The van der Waals surface area contributed by atoms with Gasteiger partial charge in [0.2, 0.25) is 5.88 Å². The average molecular weight is 456 g/mol. The summed E-state index contributed by atoms with van der Waals surface area (Å²) < 4.78 is 13.4. The molecule has 0 bridgehead atoms. The number of aromatic nitrogens is 2. The van der Waals surface area contributed by atoms with Gasteiger partial charge in [-0.2, -0.15) is 0 Å². The van der Waals surface area contributed by atoms with Crippen LogP contribution in [0.2, 0.25) is 0 Å². The van der Waals surface area contributed by atoms with Gasteiger partial charge in [-0.1, -0.05) is 43.0 Å². The largest absolute Gasteiger partial charge is 0.490 e. The lowest BCUT2D eigenvalue weighted by Gasteiger charge is -2.13. The fourth-order valence-corrected chi connectivity index (χ4v) is 3.99. The molecular formula is C27H41N3O3. The molecule has 0 saturated carbocycles. The monoisotopic (exact) mass is 455 g/mol. The van der Waals surface area contributed by atoms with Crippen molar-refractivity contribution in [3.05, 3.63) is 52.7 Å². The number of aryl methyl sites for hydroxylation is 3. The van der Waals surface area contributed by atoms with Crippen LogP contribution in [0.5, 0.6) is 11.6 Å². The number of unbranched alkanes of at least 4 members (excludes halogenated alkanes) is 5. The van der Waals surface area contributed by atoms with E-state index in [4.69, 9.17) is 14.3 Å². The first kappa shape index (κ1) is 26.5. The Labute approximate surface area is 199 Å². The summed E-state index contributed by atoms with van der Waals surface area (Å²) in [6, 6.07) is 6.24. The van der Waals surface area contributed by atoms with Gasteiger partial charge in [-0.05, 0) is 75.8 Å². The molecule has 0 aliphatic heterocycles. The molecule has 0 amide bonds. The Bertz CT molecular complexity index is 892. The van der Waals surface area contributed by atoms with Gasteiger partial charge in [0, 0.05) is 13.1 Å². The van der Waals surface area contributed by atoms with Gasteiger partial charge in [0.1, 0.15) is 25.2 Å². The molecule has 1 heterocycles. The van der Waals surface area contributed by atoms with Gasteiger partial charge in [-0.3, -0.25) is 4.68 Å². The van der Waals surface area contributed by atoms with Crippen LogP contribution in [0.3, 0.4) is 0 Å². The standard InChI is InChI=1S/C27H41N3O3/c1-7-8-16-32-24-18-21(2)25(22(3)19-24)15-13-11-9-10-12-14-17-33-27-20-26(30(5)28-27)23(4)29-31-6/h7-8,18-20H,9-17H2,1-6H3/b8-7+,29-23+. The molecule has 0 aliphatic carbocycles. The molecule has 0 radical (unpaired) electrons. The van der Waals surface area contributed by atoms with Crippen LogP contribution >= 0.6 is 0 Å². The van der Waals surface area contributed by atoms with Crippen molar-refractivity contribution in [3.63, 3.8) is 0 Å². The highest BCUT2D eigenvalue weighted by atomic mass is 16.6. The van der Waals surface area contributed by atoms with Crippen molar-refractivity contribution in [2.24, 2.45) is 12.2 Å². The molecule has 182 valence electrons. The summed E-state index contributed by atoms with van der Waals surface area (Å²) in [4.78, 5) is 4.83. The minimum Gasteiger partial charge on any atom is -0.490 e. The molecule has 0 fully saturated rings. The number of oxime groups is 1. The zero-order chi connectivity index (χ0) is 24.1. The summed E-state index contributed by atoms with van der Waals surface area (Å²) in [6.07, 6.45) is 12.4. The second-order valence-corrected chi connectivity index (χ2v) is 8.49. The molecule has 0 atom stereocenters. The molecule has 0 spiro atoms. The summed E-state index contributed by atoms with van der Waals surface area (Å²) in [7, 11) is 3.42. The Morgan fingerprint density at radius 3 is 2.33 bits per heavy atom. The lowest BCUT2D eigenvalue weighted by molar-refractivity contribution is 0.213. The molecular weight excluding hydrogens is 414 g/mol. The predicted molar refractivity (Wildman–Crippen MR) is 136 cm³/mol. The SMILES string of the molecule is C/C=C/COc1cc(C)c(CCCCCCCCOc2cc(/C(C)=N/OC)n(C)n2)c(C)c1. The van der Waals surface area contributed by atoms with Crippen molar-refractivity contribution in [2.45, 2.75) is 72.6 Å². The number of benzene rings is 1. The van der Waals surface area contributed by atoms with Crippen molar-refractivity contribution in [2.75, 3.05) is 20.3 Å². The van der Waals surface area contributed by atoms with Crippen molar-refractivity contribution >= 4 is 5.71 Å². The quantitative estimate of drug-likeness (QED) is 0.136. The zero-order valence-electron chi connectivity index (χ0n) is 21.3. The van der Waals surface area contributed by atoms with Crippen LogP contribution in [0.4, 0.5) is 0 Å². The molecule has 2 rings (SSSR count). The first-order chi connectivity index (χ1) is 16.0. The second-order valence-electron chi connectivity index (χ2n) is 8.49. The molecule has 0 aliphatic rings. The molecule has 1 aromatic carbocycles. The highest BCUT2D eigenvalue weighted by Gasteiger charge is 2.09. The van der Waals surface area contributed by atoms with Gasteiger partial charge in [-0.15, -0.1) is 5.10 Å². The van der Waals surface area contributed by atoms with Gasteiger partial charge in [0.15, 0.2) is 0 Å². The third-order valence-electron chi connectivity index (χ3n) is 5.78. The van der Waals surface area contributed by atoms with Gasteiger partial charge in [0.25, 0.3) is 0 Å². The summed E-state index contributed by atoms with van der Waals surface area (Å²) in [5.74, 6) is 1.61. The van der Waals surface area contributed by atoms with Crippen molar-refractivity contribution in [3.8, 4) is 11.6 Å². The van der Waals surface area contributed by atoms with E-state index in [1.807, 2.05) is 39.1 Å². The summed E-state index contributed by atoms with van der Waals surface area (Å²) >= 11 is 0. The Balaban J connectivity index is 1.60. The molecule has 33 heavy (non-hydrogen) atoms. The molecule has 2 aromatic rings. The van der Waals surface area contributed by atoms with Crippen molar-refractivity contribution < 1.29 is 14.3 Å². The van der Waals surface area contributed by atoms with E-state index in [1.165, 1.54) is 48.8 Å². The lowest BCUT2D eigenvalue weighted by Crippen LogP contribution is -2.04. The third-order valence-corrected chi connectivity index (χ3v) is 5.78. The van der Waals surface area contributed by atoms with Gasteiger partial charge < -0.3 is 14.3 Å². The molecule has 6 nitrogen and oxygen atoms in total. The Morgan fingerprint density at radius 1 is 1.00 bits per heavy atom. The topological polar surface area (TPSA) is 57.9 Å². The van der Waals surface area contributed by atoms with Gasteiger partial charge in [-0.25, -0.2) is 0 Å². The smallest absolute Gasteiger partial charge is 0.233 e. The van der Waals surface area contributed by atoms with E-state index in [-0.39, 0.29) is 0 Å². The zero-order valence-corrected chi connectivity index (χ0v) is 21.3. The number of ether oxygens (including phenoxy) is 2. The molecule has 0 N–H and O–H groups in total. The number of hydrogen-bond acceptors (Lipinski definition) is 5. The maximum atomic E-state index is 5.81. The minimum absolute atomic E-state index is 0.631. The first-order valence-electron chi connectivity index (χ1n) is 12.0. The van der Waals surface area contributed by atoms with Crippen molar-refractivity contribution in [1.82, 2.24) is 9.78 Å². The van der Waals surface area contributed by atoms with E-state index in [2.05, 4.69) is 36.2 Å². The maximum Gasteiger partial charge on any atom is 0.233 e. The number of allylic oxidation sites excluding steroid dienone is 1. The van der Waals surface area contributed by atoms with E-state index in [1.54, 1.807) is 11.8 Å². The Hall–Kier alpha value is -2.76. The van der Waals surface area contributed by atoms with E-state index < -0.39 is 0 Å². The van der Waals surface area contributed by atoms with Crippen LogP contribution < -0.4 is 9.47 Å². The van der Waals surface area contributed by atoms with E-state index in [9.17, 15) is 0 Å². The minimum atomic E-state index is 0.631. The van der Waals surface area contributed by atoms with Crippen molar-refractivity contribution in [1.29, 1.82) is 0 Å². The van der Waals surface area contributed by atoms with E-state index >= 15 is 0 Å². The first-order valence-corrected chi connectivity index (χ1v) is 12.0. The van der Waals surface area contributed by atoms with E-state index in [0.29, 0.717) is 19.1 Å². The fraction of sp³-hybridized carbons (Fsp3) is 0.556. The van der Waals surface area contributed by atoms with E-state index in [0.717, 1.165) is 30.0 Å². The van der Waals surface area contributed by atoms with Gasteiger partial charge in [0.05, 0.1) is 12.3 Å². The second kappa shape index (κ2) is 14.4. The van der Waals surface area contributed by atoms with Crippen LogP contribution in [-0.4, -0.2) is 35.8 Å². The summed E-state index contributed by atoms with van der Waals surface area (Å²) in [5.41, 5.74) is 5.82. The molecule has 6 heteroatoms.